The second kappa shape index (κ2) is 6.91. The number of hydrogen-bond donors (Lipinski definition) is 0. The minimum Gasteiger partial charge on any atom is -0.444 e. The van der Waals surface area contributed by atoms with Crippen LogP contribution in [0, 0.1) is 0 Å². The van der Waals surface area contributed by atoms with Gasteiger partial charge in [0.15, 0.2) is 9.84 Å². The van der Waals surface area contributed by atoms with Crippen molar-refractivity contribution in [1.82, 2.24) is 9.88 Å². The van der Waals surface area contributed by atoms with Crippen molar-refractivity contribution in [2.45, 2.75) is 49.7 Å². The molecule has 0 radical (unpaired) electrons. The Morgan fingerprint density at radius 2 is 1.89 bits per heavy atom. The van der Waals surface area contributed by atoms with Crippen LogP contribution in [0.3, 0.4) is 0 Å². The number of nitrogens with zero attached hydrogens (tertiary/aromatic N) is 3. The molecule has 0 unspecified atom stereocenters. The molecule has 2 amide bonds. The minimum absolute atomic E-state index is 0.0872. The summed E-state index contributed by atoms with van der Waals surface area (Å²) in [6.07, 6.45) is 2.42. The molecule has 28 heavy (non-hydrogen) atoms. The molecule has 3 rings (SSSR count). The molecule has 154 valence electrons. The Hall–Kier alpha value is -2.36. The van der Waals surface area contributed by atoms with Gasteiger partial charge in [-0.05, 0) is 32.9 Å². The Labute approximate surface area is 164 Å². The van der Waals surface area contributed by atoms with Gasteiger partial charge in [0, 0.05) is 38.4 Å². The summed E-state index contributed by atoms with van der Waals surface area (Å²) in [5.74, 6) is 0.337. The van der Waals surface area contributed by atoms with Crippen molar-refractivity contribution < 1.29 is 27.5 Å². The molecule has 1 aromatic rings. The second-order valence-electron chi connectivity index (χ2n) is 8.23. The number of sulfone groups is 1. The Kier molecular flexibility index (Phi) is 5.03. The van der Waals surface area contributed by atoms with Crippen LogP contribution in [0.15, 0.2) is 23.2 Å². The summed E-state index contributed by atoms with van der Waals surface area (Å²) >= 11 is 0. The van der Waals surface area contributed by atoms with E-state index in [1.807, 2.05) is 20.8 Å². The van der Waals surface area contributed by atoms with E-state index in [9.17, 15) is 18.0 Å². The van der Waals surface area contributed by atoms with Crippen LogP contribution < -0.4 is 4.90 Å². The number of anilines is 1. The summed E-state index contributed by atoms with van der Waals surface area (Å²) < 4.78 is 34.1. The summed E-state index contributed by atoms with van der Waals surface area (Å²) in [7, 11) is -3.36. The average molecular weight is 411 g/mol. The molecule has 0 bridgehead atoms. The van der Waals surface area contributed by atoms with E-state index in [1.54, 1.807) is 4.90 Å². The zero-order valence-corrected chi connectivity index (χ0v) is 17.3. The highest BCUT2D eigenvalue weighted by molar-refractivity contribution is 7.90. The van der Waals surface area contributed by atoms with Crippen molar-refractivity contribution in [2.75, 3.05) is 30.8 Å². The lowest BCUT2D eigenvalue weighted by molar-refractivity contribution is -0.0167. The number of amides is 2. The fourth-order valence-electron chi connectivity index (χ4n) is 3.23. The SMILES string of the molecule is CC(C)(C)OC(=O)N1CCC2(CC1)CN(c1ccc(S(C)(=O)=O)cn1)C(=O)O2. The van der Waals surface area contributed by atoms with E-state index in [0.29, 0.717) is 38.3 Å². The van der Waals surface area contributed by atoms with Crippen LogP contribution in [0.5, 0.6) is 0 Å². The average Bonchev–Trinajstić information content (AvgIpc) is 2.89. The predicted octanol–water partition coefficient (Wildman–Crippen LogP) is 2.21. The van der Waals surface area contributed by atoms with E-state index in [-0.39, 0.29) is 11.0 Å². The van der Waals surface area contributed by atoms with Gasteiger partial charge in [-0.1, -0.05) is 0 Å². The lowest BCUT2D eigenvalue weighted by Gasteiger charge is -2.37. The summed E-state index contributed by atoms with van der Waals surface area (Å²) in [5.41, 5.74) is -1.25. The van der Waals surface area contributed by atoms with Gasteiger partial charge in [-0.3, -0.25) is 4.90 Å². The van der Waals surface area contributed by atoms with Crippen molar-refractivity contribution in [3.8, 4) is 0 Å². The maximum atomic E-state index is 12.4. The molecule has 1 aromatic heterocycles. The monoisotopic (exact) mass is 411 g/mol. The fraction of sp³-hybridized carbons (Fsp3) is 0.611. The molecule has 9 nitrogen and oxygen atoms in total. The molecule has 1 spiro atoms. The first-order valence-electron chi connectivity index (χ1n) is 9.03. The molecule has 2 fully saturated rings. The van der Waals surface area contributed by atoms with Gasteiger partial charge in [-0.25, -0.2) is 23.0 Å². The molecule has 0 aliphatic carbocycles. The first kappa shape index (κ1) is 20.4. The Morgan fingerprint density at radius 3 is 2.39 bits per heavy atom. The van der Waals surface area contributed by atoms with Crippen LogP contribution >= 0.6 is 0 Å². The summed E-state index contributed by atoms with van der Waals surface area (Å²) in [5, 5.41) is 0. The van der Waals surface area contributed by atoms with E-state index in [0.717, 1.165) is 6.26 Å². The molecule has 2 aliphatic heterocycles. The van der Waals surface area contributed by atoms with Gasteiger partial charge < -0.3 is 14.4 Å². The highest BCUT2D eigenvalue weighted by Gasteiger charge is 2.48. The van der Waals surface area contributed by atoms with Gasteiger partial charge in [0.05, 0.1) is 11.4 Å². The summed E-state index contributed by atoms with van der Waals surface area (Å²) in [4.78, 5) is 31.8. The number of aromatic nitrogens is 1. The van der Waals surface area contributed by atoms with E-state index in [4.69, 9.17) is 9.47 Å². The van der Waals surface area contributed by atoms with Crippen LogP contribution in [0.2, 0.25) is 0 Å². The van der Waals surface area contributed by atoms with E-state index in [1.165, 1.54) is 23.2 Å². The fourth-order valence-corrected chi connectivity index (χ4v) is 3.79. The first-order chi connectivity index (χ1) is 12.9. The molecular formula is C18H25N3O6S. The molecule has 0 aromatic carbocycles. The summed E-state index contributed by atoms with van der Waals surface area (Å²) in [6.45, 7) is 6.60. The highest BCUT2D eigenvalue weighted by Crippen LogP contribution is 2.35. The number of ether oxygens (including phenoxy) is 2. The molecule has 2 aliphatic rings. The lowest BCUT2D eigenvalue weighted by atomic mass is 9.91. The number of carbonyl (C=O) groups excluding carboxylic acids is 2. The molecule has 10 heteroatoms. The molecule has 0 N–H and O–H groups in total. The lowest BCUT2D eigenvalue weighted by Crippen LogP contribution is -2.49. The first-order valence-corrected chi connectivity index (χ1v) is 10.9. The largest absolute Gasteiger partial charge is 0.444 e. The minimum atomic E-state index is -3.36. The zero-order chi connectivity index (χ0) is 20.7. The Morgan fingerprint density at radius 1 is 1.25 bits per heavy atom. The number of hydrogen-bond acceptors (Lipinski definition) is 7. The third-order valence-electron chi connectivity index (χ3n) is 4.72. The van der Waals surface area contributed by atoms with Gasteiger partial charge in [-0.2, -0.15) is 0 Å². The van der Waals surface area contributed by atoms with E-state index in [2.05, 4.69) is 4.98 Å². The van der Waals surface area contributed by atoms with Gasteiger partial charge in [0.25, 0.3) is 0 Å². The second-order valence-corrected chi connectivity index (χ2v) is 10.2. The summed E-state index contributed by atoms with van der Waals surface area (Å²) in [6, 6.07) is 2.91. The van der Waals surface area contributed by atoms with Gasteiger partial charge >= 0.3 is 12.2 Å². The van der Waals surface area contributed by atoms with E-state index >= 15 is 0 Å². The smallest absolute Gasteiger partial charge is 0.416 e. The normalized spacial score (nSPS) is 19.6. The molecule has 0 atom stereocenters. The predicted molar refractivity (Wildman–Crippen MR) is 101 cm³/mol. The third kappa shape index (κ3) is 4.37. The number of piperidine rings is 1. The van der Waals surface area contributed by atoms with Crippen LogP contribution in [0.4, 0.5) is 15.4 Å². The van der Waals surface area contributed by atoms with Gasteiger partial charge in [0.1, 0.15) is 17.0 Å². The number of carbonyl (C=O) groups is 2. The van der Waals surface area contributed by atoms with Crippen LogP contribution in [0.25, 0.3) is 0 Å². The van der Waals surface area contributed by atoms with Crippen molar-refractivity contribution in [1.29, 1.82) is 0 Å². The Balaban J connectivity index is 1.66. The topological polar surface area (TPSA) is 106 Å². The molecule has 0 saturated carbocycles. The van der Waals surface area contributed by atoms with Crippen molar-refractivity contribution in [3.05, 3.63) is 18.3 Å². The van der Waals surface area contributed by atoms with Crippen molar-refractivity contribution in [2.24, 2.45) is 0 Å². The van der Waals surface area contributed by atoms with E-state index < -0.39 is 27.1 Å². The third-order valence-corrected chi connectivity index (χ3v) is 5.82. The van der Waals surface area contributed by atoms with Crippen molar-refractivity contribution in [3.63, 3.8) is 0 Å². The van der Waals surface area contributed by atoms with Crippen LogP contribution in [0.1, 0.15) is 33.6 Å². The molecular weight excluding hydrogens is 386 g/mol. The van der Waals surface area contributed by atoms with Crippen LogP contribution in [-0.4, -0.2) is 67.6 Å². The number of likely N-dealkylation sites (tertiary alicyclic amines) is 1. The maximum Gasteiger partial charge on any atom is 0.416 e. The maximum absolute atomic E-state index is 12.4. The van der Waals surface area contributed by atoms with Gasteiger partial charge in [0.2, 0.25) is 0 Å². The quantitative estimate of drug-likeness (QED) is 0.734. The van der Waals surface area contributed by atoms with Crippen LogP contribution in [-0.2, 0) is 19.3 Å². The molecule has 2 saturated heterocycles. The zero-order valence-electron chi connectivity index (χ0n) is 16.5. The van der Waals surface area contributed by atoms with Gasteiger partial charge in [-0.15, -0.1) is 0 Å². The Bertz CT molecular complexity index is 868. The number of pyridine rings is 1. The molecule has 3 heterocycles. The number of rotatable bonds is 2. The highest BCUT2D eigenvalue weighted by atomic mass is 32.2. The standard InChI is InChI=1S/C18H25N3O6S/c1-17(2,3)26-15(22)20-9-7-18(8-10-20)12-21(16(23)27-18)14-6-5-13(11-19-14)28(4,24)25/h5-6,11H,7-10,12H2,1-4H3. The van der Waals surface area contributed by atoms with Crippen molar-refractivity contribution >= 4 is 27.8 Å².